The highest BCUT2D eigenvalue weighted by molar-refractivity contribution is 7.99. The number of hydrogen-bond donors (Lipinski definition) is 1. The Balaban J connectivity index is 2.18. The second-order valence-electron chi connectivity index (χ2n) is 2.98. The van der Waals surface area contributed by atoms with Gasteiger partial charge < -0.3 is 10.1 Å². The van der Waals surface area contributed by atoms with Crippen LogP contribution in [-0.4, -0.2) is 19.4 Å². The number of benzene rings is 1. The van der Waals surface area contributed by atoms with Crippen LogP contribution in [0.25, 0.3) is 0 Å². The van der Waals surface area contributed by atoms with Gasteiger partial charge in [0.1, 0.15) is 5.75 Å². The van der Waals surface area contributed by atoms with E-state index in [1.165, 1.54) is 11.3 Å². The molecule has 0 radical (unpaired) electrons. The summed E-state index contributed by atoms with van der Waals surface area (Å²) in [6, 6.07) is 8.24. The topological polar surface area (TPSA) is 21.3 Å². The van der Waals surface area contributed by atoms with E-state index >= 15 is 0 Å². The summed E-state index contributed by atoms with van der Waals surface area (Å²) in [4.78, 5) is 0. The molecule has 1 heterocycles. The third-order valence-corrected chi connectivity index (χ3v) is 3.32. The molecule has 0 bridgehead atoms. The molecule has 3 heteroatoms. The smallest absolute Gasteiger partial charge is 0.119 e. The predicted octanol–water partition coefficient (Wildman–Crippen LogP) is 2.03. The van der Waals surface area contributed by atoms with Crippen molar-refractivity contribution in [1.82, 2.24) is 5.32 Å². The van der Waals surface area contributed by atoms with Gasteiger partial charge in [-0.3, -0.25) is 0 Å². The van der Waals surface area contributed by atoms with E-state index in [0.717, 1.165) is 12.3 Å². The molecule has 13 heavy (non-hydrogen) atoms. The summed E-state index contributed by atoms with van der Waals surface area (Å²) in [5, 5.41) is 3.89. The number of nitrogens with one attached hydrogen (secondary N) is 1. The fraction of sp³-hybridized carbons (Fsp3) is 0.400. The maximum atomic E-state index is 5.18. The molecule has 2 rings (SSSR count). The molecule has 1 aliphatic rings. The Labute approximate surface area is 82.7 Å². The minimum atomic E-state index is 0.454. The summed E-state index contributed by atoms with van der Waals surface area (Å²) < 4.78 is 5.18. The molecule has 0 amide bonds. The van der Waals surface area contributed by atoms with Crippen molar-refractivity contribution in [2.75, 3.05) is 19.4 Å². The first-order chi connectivity index (χ1) is 6.40. The number of rotatable bonds is 2. The van der Waals surface area contributed by atoms with Crippen LogP contribution in [0.3, 0.4) is 0 Å². The highest BCUT2D eigenvalue weighted by atomic mass is 32.2. The first-order valence-electron chi connectivity index (χ1n) is 4.39. The molecule has 1 aromatic carbocycles. The molecule has 0 aromatic heterocycles. The standard InChI is InChI=1S/C10H13NOS/c1-12-9-4-2-3-8(7-9)10-11-5-6-13-10/h2-4,7,10-11H,5-6H2,1H3/t10-/m0/s1. The van der Waals surface area contributed by atoms with Gasteiger partial charge in [0.2, 0.25) is 0 Å². The molecule has 1 saturated heterocycles. The summed E-state index contributed by atoms with van der Waals surface area (Å²) in [6.45, 7) is 1.10. The fourth-order valence-electron chi connectivity index (χ4n) is 1.44. The van der Waals surface area contributed by atoms with Crippen molar-refractivity contribution in [3.8, 4) is 5.75 Å². The average molecular weight is 195 g/mol. The molecule has 70 valence electrons. The van der Waals surface area contributed by atoms with Crippen LogP contribution in [0.5, 0.6) is 5.75 Å². The van der Waals surface area contributed by atoms with Gasteiger partial charge in [-0.1, -0.05) is 12.1 Å². The van der Waals surface area contributed by atoms with Gasteiger partial charge in [0.15, 0.2) is 0 Å². The van der Waals surface area contributed by atoms with Gasteiger partial charge in [-0.2, -0.15) is 0 Å². The SMILES string of the molecule is COc1cccc([C@H]2NCCS2)c1. The second kappa shape index (κ2) is 4.03. The number of methoxy groups -OCH3 is 1. The van der Waals surface area contributed by atoms with Gasteiger partial charge in [-0.15, -0.1) is 11.8 Å². The number of hydrogen-bond acceptors (Lipinski definition) is 3. The van der Waals surface area contributed by atoms with E-state index in [9.17, 15) is 0 Å². The Bertz CT molecular complexity index is 284. The molecule has 0 spiro atoms. The molecule has 1 fully saturated rings. The highest BCUT2D eigenvalue weighted by Crippen LogP contribution is 2.31. The zero-order valence-corrected chi connectivity index (χ0v) is 8.43. The van der Waals surface area contributed by atoms with Gasteiger partial charge in [0.25, 0.3) is 0 Å². The Morgan fingerprint density at radius 3 is 3.15 bits per heavy atom. The van der Waals surface area contributed by atoms with E-state index in [4.69, 9.17) is 4.74 Å². The second-order valence-corrected chi connectivity index (χ2v) is 4.19. The van der Waals surface area contributed by atoms with Gasteiger partial charge in [-0.25, -0.2) is 0 Å². The molecule has 0 saturated carbocycles. The van der Waals surface area contributed by atoms with Crippen molar-refractivity contribution in [2.45, 2.75) is 5.37 Å². The molecular formula is C10H13NOS. The molecule has 0 unspecified atom stereocenters. The van der Waals surface area contributed by atoms with Gasteiger partial charge >= 0.3 is 0 Å². The lowest BCUT2D eigenvalue weighted by Crippen LogP contribution is -2.11. The molecule has 0 aliphatic carbocycles. The molecule has 1 aliphatic heterocycles. The zero-order chi connectivity index (χ0) is 9.10. The highest BCUT2D eigenvalue weighted by Gasteiger charge is 2.16. The first kappa shape index (κ1) is 8.91. The molecule has 1 aromatic rings. The maximum Gasteiger partial charge on any atom is 0.119 e. The lowest BCUT2D eigenvalue weighted by Gasteiger charge is -2.10. The van der Waals surface area contributed by atoms with Gasteiger partial charge in [0, 0.05) is 12.3 Å². The quantitative estimate of drug-likeness (QED) is 0.780. The third kappa shape index (κ3) is 1.98. The van der Waals surface area contributed by atoms with Crippen LogP contribution in [0.1, 0.15) is 10.9 Å². The number of ether oxygens (including phenoxy) is 1. The lowest BCUT2D eigenvalue weighted by molar-refractivity contribution is 0.414. The molecule has 2 nitrogen and oxygen atoms in total. The van der Waals surface area contributed by atoms with Crippen molar-refractivity contribution >= 4 is 11.8 Å². The van der Waals surface area contributed by atoms with Crippen LogP contribution in [-0.2, 0) is 0 Å². The molecular weight excluding hydrogens is 182 g/mol. The van der Waals surface area contributed by atoms with E-state index in [0.29, 0.717) is 5.37 Å². The minimum Gasteiger partial charge on any atom is -0.497 e. The van der Waals surface area contributed by atoms with Crippen LogP contribution in [0.15, 0.2) is 24.3 Å². The van der Waals surface area contributed by atoms with E-state index in [2.05, 4.69) is 17.4 Å². The van der Waals surface area contributed by atoms with Gasteiger partial charge in [-0.05, 0) is 17.7 Å². The summed E-state index contributed by atoms with van der Waals surface area (Å²) >= 11 is 1.95. The normalized spacial score (nSPS) is 21.8. The van der Waals surface area contributed by atoms with Gasteiger partial charge in [0.05, 0.1) is 12.5 Å². The van der Waals surface area contributed by atoms with Crippen LogP contribution in [0.4, 0.5) is 0 Å². The monoisotopic (exact) mass is 195 g/mol. The lowest BCUT2D eigenvalue weighted by atomic mass is 10.2. The summed E-state index contributed by atoms with van der Waals surface area (Å²) in [6.07, 6.45) is 0. The molecule has 1 atom stereocenters. The first-order valence-corrected chi connectivity index (χ1v) is 5.44. The largest absolute Gasteiger partial charge is 0.497 e. The summed E-state index contributed by atoms with van der Waals surface area (Å²) in [5.41, 5.74) is 1.31. The van der Waals surface area contributed by atoms with Crippen LogP contribution >= 0.6 is 11.8 Å². The van der Waals surface area contributed by atoms with Crippen molar-refractivity contribution < 1.29 is 4.74 Å². The van der Waals surface area contributed by atoms with Crippen molar-refractivity contribution in [3.63, 3.8) is 0 Å². The van der Waals surface area contributed by atoms with E-state index in [-0.39, 0.29) is 0 Å². The number of thioether (sulfide) groups is 1. The van der Waals surface area contributed by atoms with Crippen LogP contribution in [0.2, 0.25) is 0 Å². The van der Waals surface area contributed by atoms with Crippen LogP contribution < -0.4 is 10.1 Å². The van der Waals surface area contributed by atoms with E-state index in [1.54, 1.807) is 7.11 Å². The third-order valence-electron chi connectivity index (χ3n) is 2.11. The van der Waals surface area contributed by atoms with Crippen molar-refractivity contribution in [1.29, 1.82) is 0 Å². The van der Waals surface area contributed by atoms with Crippen LogP contribution in [0, 0.1) is 0 Å². The average Bonchev–Trinajstić information content (AvgIpc) is 2.71. The minimum absolute atomic E-state index is 0.454. The fourth-order valence-corrected chi connectivity index (χ4v) is 2.49. The van der Waals surface area contributed by atoms with E-state index < -0.39 is 0 Å². The predicted molar refractivity (Wildman–Crippen MR) is 56.2 cm³/mol. The Hall–Kier alpha value is -0.670. The maximum absolute atomic E-state index is 5.18. The van der Waals surface area contributed by atoms with E-state index in [1.807, 2.05) is 23.9 Å². The Morgan fingerprint density at radius 1 is 1.54 bits per heavy atom. The summed E-state index contributed by atoms with van der Waals surface area (Å²) in [7, 11) is 1.70. The Morgan fingerprint density at radius 2 is 2.46 bits per heavy atom. The van der Waals surface area contributed by atoms with Crippen molar-refractivity contribution in [2.24, 2.45) is 0 Å². The Kier molecular flexibility index (Phi) is 2.76. The molecule has 1 N–H and O–H groups in total. The summed E-state index contributed by atoms with van der Waals surface area (Å²) in [5.74, 6) is 2.13. The zero-order valence-electron chi connectivity index (χ0n) is 7.62. The van der Waals surface area contributed by atoms with Crippen molar-refractivity contribution in [3.05, 3.63) is 29.8 Å².